The third-order valence-corrected chi connectivity index (χ3v) is 8.25. The maximum atomic E-state index is 14.4. The van der Waals surface area contributed by atoms with Crippen LogP contribution in [-0.4, -0.2) is 93.6 Å². The number of hydrogen-bond donors (Lipinski definition) is 1. The second-order valence-corrected chi connectivity index (χ2v) is 10.8. The minimum atomic E-state index is -1.27. The minimum absolute atomic E-state index is 0.0848. The average Bonchev–Trinajstić information content (AvgIpc) is 3.20. The molecule has 2 saturated heterocycles. The van der Waals surface area contributed by atoms with Gasteiger partial charge in [-0.2, -0.15) is 0 Å². The van der Waals surface area contributed by atoms with Gasteiger partial charge in [0.05, 0.1) is 30.6 Å². The molecule has 0 aliphatic carbocycles. The highest BCUT2D eigenvalue weighted by atomic mass is 16.5. The van der Waals surface area contributed by atoms with E-state index in [9.17, 15) is 19.5 Å². The summed E-state index contributed by atoms with van der Waals surface area (Å²) in [4.78, 5) is 47.5. The second kappa shape index (κ2) is 10.1. The van der Waals surface area contributed by atoms with Crippen molar-refractivity contribution in [3.8, 4) is 0 Å². The van der Waals surface area contributed by atoms with Crippen LogP contribution in [0.5, 0.6) is 0 Å². The Morgan fingerprint density at radius 1 is 1.05 bits per heavy atom. The molecule has 0 bridgehead atoms. The molecule has 4 aliphatic rings. The first kappa shape index (κ1) is 25.7. The van der Waals surface area contributed by atoms with E-state index in [0.717, 1.165) is 12.0 Å². The maximum absolute atomic E-state index is 14.4. The highest BCUT2D eigenvalue weighted by molar-refractivity contribution is 6.00. The van der Waals surface area contributed by atoms with Crippen LogP contribution in [-0.2, 0) is 25.5 Å². The van der Waals surface area contributed by atoms with Gasteiger partial charge in [-0.3, -0.25) is 14.4 Å². The molecule has 4 heterocycles. The van der Waals surface area contributed by atoms with E-state index in [4.69, 9.17) is 4.74 Å². The molecule has 1 unspecified atom stereocenters. The molecule has 0 saturated carbocycles. The zero-order valence-corrected chi connectivity index (χ0v) is 21.8. The number of aliphatic hydroxyl groups is 1. The van der Waals surface area contributed by atoms with Gasteiger partial charge >= 0.3 is 0 Å². The largest absolute Gasteiger partial charge is 0.394 e. The number of hydrogen-bond acceptors (Lipinski definition) is 5. The van der Waals surface area contributed by atoms with Gasteiger partial charge in [-0.15, -0.1) is 0 Å². The normalized spacial score (nSPS) is 31.9. The van der Waals surface area contributed by atoms with Crippen LogP contribution in [0.4, 0.5) is 0 Å². The van der Waals surface area contributed by atoms with Crippen molar-refractivity contribution in [3.05, 3.63) is 60.2 Å². The van der Waals surface area contributed by atoms with Gasteiger partial charge in [0.1, 0.15) is 11.6 Å². The molecule has 1 aromatic rings. The molecule has 8 heteroatoms. The fourth-order valence-electron chi connectivity index (χ4n) is 6.61. The number of rotatable bonds is 7. The third kappa shape index (κ3) is 4.10. The predicted molar refractivity (Wildman–Crippen MR) is 138 cm³/mol. The van der Waals surface area contributed by atoms with E-state index in [2.05, 4.69) is 0 Å². The Morgan fingerprint density at radius 2 is 1.81 bits per heavy atom. The third-order valence-electron chi connectivity index (χ3n) is 8.25. The van der Waals surface area contributed by atoms with Crippen LogP contribution in [0, 0.1) is 11.8 Å². The number of amides is 3. The number of fused-ring (bicyclic) bond motifs is 2. The zero-order valence-electron chi connectivity index (χ0n) is 21.8. The second-order valence-electron chi connectivity index (χ2n) is 10.8. The SMILES string of the molecule is CCCN1CC=C[C@H]2O[C@]34C=CCN(C(C)C)C(=O)C3N([C@@H](CO)Cc3ccccc3)C(=O)[C@@H]4[C@H]2C1=O. The lowest BCUT2D eigenvalue weighted by Crippen LogP contribution is -2.59. The summed E-state index contributed by atoms with van der Waals surface area (Å²) in [7, 11) is 0. The van der Waals surface area contributed by atoms with E-state index in [1.54, 1.807) is 14.7 Å². The smallest absolute Gasteiger partial charge is 0.249 e. The summed E-state index contributed by atoms with van der Waals surface area (Å²) in [5.41, 5.74) is -0.314. The minimum Gasteiger partial charge on any atom is -0.394 e. The van der Waals surface area contributed by atoms with Crippen LogP contribution in [0.25, 0.3) is 0 Å². The van der Waals surface area contributed by atoms with Crippen LogP contribution in [0.1, 0.15) is 32.8 Å². The summed E-state index contributed by atoms with van der Waals surface area (Å²) in [5.74, 6) is -2.17. The number of likely N-dealkylation sites (tertiary alicyclic amines) is 1. The van der Waals surface area contributed by atoms with Crippen molar-refractivity contribution in [1.82, 2.24) is 14.7 Å². The van der Waals surface area contributed by atoms with Gasteiger partial charge < -0.3 is 24.5 Å². The molecule has 4 aliphatic heterocycles. The summed E-state index contributed by atoms with van der Waals surface area (Å²) in [6.07, 6.45) is 8.19. The van der Waals surface area contributed by atoms with Crippen LogP contribution in [0.3, 0.4) is 0 Å². The number of aliphatic hydroxyl groups excluding tert-OH is 1. The quantitative estimate of drug-likeness (QED) is 0.569. The molecule has 37 heavy (non-hydrogen) atoms. The summed E-state index contributed by atoms with van der Waals surface area (Å²) in [6, 6.07) is 7.97. The van der Waals surface area contributed by atoms with Crippen molar-refractivity contribution in [1.29, 1.82) is 0 Å². The molecule has 0 aromatic heterocycles. The Bertz CT molecular complexity index is 1100. The first-order chi connectivity index (χ1) is 17.8. The number of carbonyl (C=O) groups excluding carboxylic acids is 3. The number of benzene rings is 1. The van der Waals surface area contributed by atoms with E-state index in [1.165, 1.54) is 0 Å². The Hall–Kier alpha value is -2.97. The molecular formula is C29H37N3O5. The van der Waals surface area contributed by atoms with Crippen molar-refractivity contribution < 1.29 is 24.2 Å². The van der Waals surface area contributed by atoms with Gasteiger partial charge in [0.25, 0.3) is 0 Å². The Balaban J connectivity index is 1.62. The first-order valence-corrected chi connectivity index (χ1v) is 13.4. The first-order valence-electron chi connectivity index (χ1n) is 13.4. The lowest BCUT2D eigenvalue weighted by Gasteiger charge is -2.39. The molecule has 1 N–H and O–H groups in total. The molecule has 8 nitrogen and oxygen atoms in total. The fourth-order valence-corrected chi connectivity index (χ4v) is 6.61. The van der Waals surface area contributed by atoms with E-state index >= 15 is 0 Å². The van der Waals surface area contributed by atoms with E-state index in [1.807, 2.05) is 75.4 Å². The molecule has 0 radical (unpaired) electrons. The van der Waals surface area contributed by atoms with E-state index in [-0.39, 0.29) is 30.4 Å². The highest BCUT2D eigenvalue weighted by Gasteiger charge is 2.72. The molecule has 5 rings (SSSR count). The molecule has 1 spiro atoms. The van der Waals surface area contributed by atoms with Gasteiger partial charge in [0.15, 0.2) is 0 Å². The Labute approximate surface area is 218 Å². The Morgan fingerprint density at radius 3 is 2.49 bits per heavy atom. The fraction of sp³-hybridized carbons (Fsp3) is 0.552. The van der Waals surface area contributed by atoms with Crippen molar-refractivity contribution in [3.63, 3.8) is 0 Å². The highest BCUT2D eigenvalue weighted by Crippen LogP contribution is 2.54. The van der Waals surface area contributed by atoms with Gasteiger partial charge in [0, 0.05) is 25.7 Å². The van der Waals surface area contributed by atoms with E-state index in [0.29, 0.717) is 26.1 Å². The zero-order chi connectivity index (χ0) is 26.3. The monoisotopic (exact) mass is 507 g/mol. The van der Waals surface area contributed by atoms with Crippen molar-refractivity contribution in [2.75, 3.05) is 26.2 Å². The molecular weight excluding hydrogens is 470 g/mol. The average molecular weight is 508 g/mol. The van der Waals surface area contributed by atoms with Crippen molar-refractivity contribution in [2.45, 2.75) is 63.4 Å². The lowest BCUT2D eigenvalue weighted by atomic mass is 9.77. The topological polar surface area (TPSA) is 90.4 Å². The van der Waals surface area contributed by atoms with Crippen LogP contribution in [0.2, 0.25) is 0 Å². The molecule has 198 valence electrons. The number of ether oxygens (including phenoxy) is 1. The summed E-state index contributed by atoms with van der Waals surface area (Å²) >= 11 is 0. The number of carbonyl (C=O) groups is 3. The van der Waals surface area contributed by atoms with Crippen LogP contribution >= 0.6 is 0 Å². The summed E-state index contributed by atoms with van der Waals surface area (Å²) in [6.45, 7) is 7.09. The Kier molecular flexibility index (Phi) is 6.98. The molecule has 6 atom stereocenters. The standard InChI is InChI=1S/C29H37N3O5/c1-4-14-30-15-8-12-22-23(26(30)34)24-27(35)32(21(18-33)17-20-10-6-5-7-11-20)25-28(36)31(19(2)3)16-9-13-29(24,25)37-22/h5-13,19,21-25,33H,4,14-18H2,1-3H3/t21-,22-,23+,24+,25?,29+/m1/s1. The maximum Gasteiger partial charge on any atom is 0.249 e. The van der Waals surface area contributed by atoms with Gasteiger partial charge in [-0.25, -0.2) is 0 Å². The molecule has 2 fully saturated rings. The molecule has 1 aromatic carbocycles. The van der Waals surface area contributed by atoms with Gasteiger partial charge in [-0.05, 0) is 32.3 Å². The lowest BCUT2D eigenvalue weighted by molar-refractivity contribution is -0.152. The van der Waals surface area contributed by atoms with Gasteiger partial charge in [0.2, 0.25) is 17.7 Å². The summed E-state index contributed by atoms with van der Waals surface area (Å²) in [5, 5.41) is 10.5. The van der Waals surface area contributed by atoms with Crippen LogP contribution < -0.4 is 0 Å². The molecule has 3 amide bonds. The van der Waals surface area contributed by atoms with Crippen LogP contribution in [0.15, 0.2) is 54.6 Å². The van der Waals surface area contributed by atoms with Gasteiger partial charge in [-0.1, -0.05) is 61.6 Å². The number of nitrogens with zero attached hydrogens (tertiary/aromatic N) is 3. The summed E-state index contributed by atoms with van der Waals surface area (Å²) < 4.78 is 6.67. The van der Waals surface area contributed by atoms with Crippen molar-refractivity contribution in [2.24, 2.45) is 11.8 Å². The predicted octanol–water partition coefficient (Wildman–Crippen LogP) is 1.79. The van der Waals surface area contributed by atoms with Crippen molar-refractivity contribution >= 4 is 17.7 Å². The van der Waals surface area contributed by atoms with E-state index < -0.39 is 35.6 Å².